The van der Waals surface area contributed by atoms with E-state index in [-0.39, 0.29) is 12.8 Å². The number of hydrogen-bond donors (Lipinski definition) is 2. The van der Waals surface area contributed by atoms with Gasteiger partial charge in [0.05, 0.1) is 6.33 Å². The van der Waals surface area contributed by atoms with Gasteiger partial charge >= 0.3 is 0 Å². The topological polar surface area (TPSA) is 86.1 Å². The first-order chi connectivity index (χ1) is 14.7. The zero-order valence-corrected chi connectivity index (χ0v) is 16.8. The molecule has 0 atom stereocenters. The minimum Gasteiger partial charge on any atom is -0.454 e. The van der Waals surface area contributed by atoms with Gasteiger partial charge in [-0.25, -0.2) is 4.98 Å². The number of hydrogen-bond acceptors (Lipinski definition) is 7. The number of para-hydroxylation sites is 1. The van der Waals surface area contributed by atoms with Gasteiger partial charge in [-0.1, -0.05) is 24.3 Å². The summed E-state index contributed by atoms with van der Waals surface area (Å²) < 4.78 is 12.9. The van der Waals surface area contributed by atoms with Crippen LogP contribution in [0.4, 0.5) is 17.5 Å². The van der Waals surface area contributed by atoms with Crippen molar-refractivity contribution >= 4 is 28.6 Å². The number of anilines is 3. The highest BCUT2D eigenvalue weighted by atomic mass is 16.7. The Morgan fingerprint density at radius 2 is 1.87 bits per heavy atom. The molecule has 8 heteroatoms. The second-order valence-electron chi connectivity index (χ2n) is 7.35. The van der Waals surface area contributed by atoms with E-state index in [1.807, 2.05) is 59.4 Å². The van der Waals surface area contributed by atoms with Crippen LogP contribution in [-0.2, 0) is 6.54 Å². The SMILES string of the molecule is CC(C)n1cnc2c(Nc3ccccc3)nc(NCc3ccc4c(c3)OCO4)nc21. The fraction of sp³-hybridized carbons (Fsp3) is 0.227. The van der Waals surface area contributed by atoms with Gasteiger partial charge in [0.15, 0.2) is 28.5 Å². The summed E-state index contributed by atoms with van der Waals surface area (Å²) in [5.74, 6) is 2.72. The maximum atomic E-state index is 5.46. The lowest BCUT2D eigenvalue weighted by Crippen LogP contribution is -2.08. The molecule has 2 N–H and O–H groups in total. The first-order valence-corrected chi connectivity index (χ1v) is 9.86. The first kappa shape index (κ1) is 18.2. The van der Waals surface area contributed by atoms with E-state index >= 15 is 0 Å². The molecular formula is C22H22N6O2. The molecule has 4 aromatic rings. The molecule has 0 radical (unpaired) electrons. The molecule has 1 aliphatic heterocycles. The van der Waals surface area contributed by atoms with E-state index < -0.39 is 0 Å². The van der Waals surface area contributed by atoms with E-state index in [0.717, 1.165) is 33.9 Å². The van der Waals surface area contributed by atoms with Gasteiger partial charge in [0.25, 0.3) is 0 Å². The third-order valence-electron chi connectivity index (χ3n) is 4.90. The molecule has 1 aliphatic rings. The van der Waals surface area contributed by atoms with Crippen LogP contribution in [0.3, 0.4) is 0 Å². The Morgan fingerprint density at radius 3 is 2.70 bits per heavy atom. The summed E-state index contributed by atoms with van der Waals surface area (Å²) in [5.41, 5.74) is 3.52. The zero-order valence-electron chi connectivity index (χ0n) is 16.8. The number of fused-ring (bicyclic) bond motifs is 2. The molecule has 0 saturated carbocycles. The van der Waals surface area contributed by atoms with Crippen LogP contribution in [0.2, 0.25) is 0 Å². The third-order valence-corrected chi connectivity index (χ3v) is 4.90. The van der Waals surface area contributed by atoms with E-state index in [1.54, 1.807) is 0 Å². The molecule has 0 amide bonds. The summed E-state index contributed by atoms with van der Waals surface area (Å²) in [7, 11) is 0. The Hall–Kier alpha value is -3.81. The van der Waals surface area contributed by atoms with Crippen molar-refractivity contribution in [2.45, 2.75) is 26.4 Å². The number of aromatic nitrogens is 4. The fourth-order valence-electron chi connectivity index (χ4n) is 3.35. The second kappa shape index (κ2) is 7.55. The lowest BCUT2D eigenvalue weighted by atomic mass is 10.2. The molecule has 8 nitrogen and oxygen atoms in total. The molecule has 0 saturated heterocycles. The lowest BCUT2D eigenvalue weighted by molar-refractivity contribution is 0.174. The minimum atomic E-state index is 0.233. The van der Waals surface area contributed by atoms with Crippen LogP contribution < -0.4 is 20.1 Å². The molecule has 0 unspecified atom stereocenters. The summed E-state index contributed by atoms with van der Waals surface area (Å²) in [6.07, 6.45) is 1.81. The monoisotopic (exact) mass is 402 g/mol. The van der Waals surface area contributed by atoms with Crippen LogP contribution in [0.25, 0.3) is 11.2 Å². The van der Waals surface area contributed by atoms with Gasteiger partial charge < -0.3 is 24.7 Å². The van der Waals surface area contributed by atoms with E-state index in [0.29, 0.717) is 18.3 Å². The molecule has 30 heavy (non-hydrogen) atoms. The van der Waals surface area contributed by atoms with E-state index in [1.165, 1.54) is 0 Å². The smallest absolute Gasteiger partial charge is 0.231 e. The number of nitrogens with zero attached hydrogens (tertiary/aromatic N) is 4. The van der Waals surface area contributed by atoms with E-state index in [9.17, 15) is 0 Å². The summed E-state index contributed by atoms with van der Waals surface area (Å²) in [5, 5.41) is 6.69. The third kappa shape index (κ3) is 3.47. The average Bonchev–Trinajstić information content (AvgIpc) is 3.39. The Balaban J connectivity index is 1.47. The second-order valence-corrected chi connectivity index (χ2v) is 7.35. The fourth-order valence-corrected chi connectivity index (χ4v) is 3.35. The summed E-state index contributed by atoms with van der Waals surface area (Å²) in [6.45, 7) is 5.03. The lowest BCUT2D eigenvalue weighted by Gasteiger charge is -2.12. The first-order valence-electron chi connectivity index (χ1n) is 9.86. The normalized spacial score (nSPS) is 12.5. The molecule has 0 fully saturated rings. The highest BCUT2D eigenvalue weighted by molar-refractivity contribution is 5.86. The van der Waals surface area contributed by atoms with Crippen LogP contribution in [-0.4, -0.2) is 26.3 Å². The van der Waals surface area contributed by atoms with Gasteiger partial charge in [0.2, 0.25) is 12.7 Å². The molecule has 0 bridgehead atoms. The summed E-state index contributed by atoms with van der Waals surface area (Å²) in [6, 6.07) is 16.0. The Kier molecular flexibility index (Phi) is 4.59. The standard InChI is InChI=1S/C22H22N6O2/c1-14(2)28-12-24-19-20(25-16-6-4-3-5-7-16)26-22(27-21(19)28)23-11-15-8-9-17-18(10-15)30-13-29-17/h3-10,12,14H,11,13H2,1-2H3,(H2,23,25,26,27). The summed E-state index contributed by atoms with van der Waals surface area (Å²) >= 11 is 0. The van der Waals surface area contributed by atoms with Gasteiger partial charge in [0, 0.05) is 18.3 Å². The van der Waals surface area contributed by atoms with Gasteiger partial charge in [-0.15, -0.1) is 0 Å². The van der Waals surface area contributed by atoms with Crippen molar-refractivity contribution in [3.8, 4) is 11.5 Å². The van der Waals surface area contributed by atoms with Crippen molar-refractivity contribution in [2.75, 3.05) is 17.4 Å². The molecule has 3 heterocycles. The van der Waals surface area contributed by atoms with Crippen molar-refractivity contribution in [2.24, 2.45) is 0 Å². The van der Waals surface area contributed by atoms with Crippen LogP contribution in [0.15, 0.2) is 54.9 Å². The number of benzene rings is 2. The molecule has 0 aliphatic carbocycles. The molecular weight excluding hydrogens is 380 g/mol. The van der Waals surface area contributed by atoms with Crippen molar-refractivity contribution < 1.29 is 9.47 Å². The van der Waals surface area contributed by atoms with Gasteiger partial charge in [0.1, 0.15) is 0 Å². The predicted octanol–water partition coefficient (Wildman–Crippen LogP) is 4.49. The summed E-state index contributed by atoms with van der Waals surface area (Å²) in [4.78, 5) is 14.0. The van der Waals surface area contributed by atoms with E-state index in [4.69, 9.17) is 19.4 Å². The van der Waals surface area contributed by atoms with Crippen LogP contribution in [0.5, 0.6) is 11.5 Å². The van der Waals surface area contributed by atoms with Crippen molar-refractivity contribution in [1.82, 2.24) is 19.5 Å². The predicted molar refractivity (Wildman–Crippen MR) is 115 cm³/mol. The molecule has 0 spiro atoms. The van der Waals surface area contributed by atoms with Gasteiger partial charge in [-0.3, -0.25) is 0 Å². The average molecular weight is 402 g/mol. The Morgan fingerprint density at radius 1 is 1.03 bits per heavy atom. The molecule has 5 rings (SSSR count). The van der Waals surface area contributed by atoms with Crippen LogP contribution in [0, 0.1) is 0 Å². The number of nitrogens with one attached hydrogen (secondary N) is 2. The Labute approximate surface area is 173 Å². The van der Waals surface area contributed by atoms with E-state index in [2.05, 4.69) is 29.5 Å². The highest BCUT2D eigenvalue weighted by Crippen LogP contribution is 2.33. The van der Waals surface area contributed by atoms with Crippen molar-refractivity contribution in [1.29, 1.82) is 0 Å². The van der Waals surface area contributed by atoms with Gasteiger partial charge in [-0.05, 0) is 43.7 Å². The Bertz CT molecular complexity index is 1190. The maximum absolute atomic E-state index is 5.46. The number of imidazole rings is 1. The zero-order chi connectivity index (χ0) is 20.5. The molecule has 152 valence electrons. The van der Waals surface area contributed by atoms with Crippen molar-refractivity contribution in [3.63, 3.8) is 0 Å². The molecule has 2 aromatic carbocycles. The number of ether oxygens (including phenoxy) is 2. The highest BCUT2D eigenvalue weighted by Gasteiger charge is 2.16. The minimum absolute atomic E-state index is 0.233. The molecule has 2 aromatic heterocycles. The largest absolute Gasteiger partial charge is 0.454 e. The van der Waals surface area contributed by atoms with Crippen LogP contribution >= 0.6 is 0 Å². The quantitative estimate of drug-likeness (QED) is 0.491. The van der Waals surface area contributed by atoms with Gasteiger partial charge in [-0.2, -0.15) is 9.97 Å². The van der Waals surface area contributed by atoms with Crippen LogP contribution in [0.1, 0.15) is 25.5 Å². The number of rotatable bonds is 6. The maximum Gasteiger partial charge on any atom is 0.231 e. The van der Waals surface area contributed by atoms with Crippen molar-refractivity contribution in [3.05, 3.63) is 60.4 Å².